The van der Waals surface area contributed by atoms with Gasteiger partial charge in [-0.2, -0.15) is 0 Å². The van der Waals surface area contributed by atoms with Gasteiger partial charge in [0, 0.05) is 26.4 Å². The number of nitrogens with one attached hydrogen (secondary N) is 2. The first-order valence-corrected chi connectivity index (χ1v) is 9.57. The van der Waals surface area contributed by atoms with Gasteiger partial charge in [0.1, 0.15) is 0 Å². The van der Waals surface area contributed by atoms with Gasteiger partial charge in [-0.05, 0) is 60.7 Å². The number of amides is 1. The topological polar surface area (TPSA) is 41.1 Å². The Morgan fingerprint density at radius 3 is 2.08 bits per heavy atom. The number of anilines is 3. The van der Waals surface area contributed by atoms with Crippen molar-refractivity contribution in [2.75, 3.05) is 16.4 Å². The van der Waals surface area contributed by atoms with Crippen LogP contribution in [-0.4, -0.2) is 11.7 Å². The van der Waals surface area contributed by atoms with E-state index in [0.29, 0.717) is 5.75 Å². The van der Waals surface area contributed by atoms with Crippen LogP contribution in [0.25, 0.3) is 0 Å². The fourth-order valence-corrected chi connectivity index (χ4v) is 3.16. The molecular weight excluding hydrogens is 396 g/mol. The molecule has 0 aliphatic rings. The predicted octanol–water partition coefficient (Wildman–Crippen LogP) is 5.92. The van der Waals surface area contributed by atoms with E-state index in [0.717, 1.165) is 26.4 Å². The quantitative estimate of drug-likeness (QED) is 0.493. The number of hydrogen-bond donors (Lipinski definition) is 2. The summed E-state index contributed by atoms with van der Waals surface area (Å²) >= 11 is 4.92. The van der Waals surface area contributed by atoms with Crippen molar-refractivity contribution >= 4 is 50.7 Å². The van der Waals surface area contributed by atoms with E-state index in [9.17, 15) is 4.79 Å². The normalized spacial score (nSPS) is 10.3. The summed E-state index contributed by atoms with van der Waals surface area (Å²) < 4.78 is 1.03. The van der Waals surface area contributed by atoms with Gasteiger partial charge < -0.3 is 10.6 Å². The molecule has 0 heterocycles. The molecule has 0 unspecified atom stereocenters. The van der Waals surface area contributed by atoms with Crippen molar-refractivity contribution in [3.8, 4) is 0 Å². The predicted molar refractivity (Wildman–Crippen MR) is 110 cm³/mol. The molecule has 0 saturated carbocycles. The first-order chi connectivity index (χ1) is 12.2. The van der Waals surface area contributed by atoms with Gasteiger partial charge in [-0.3, -0.25) is 4.79 Å². The molecule has 0 radical (unpaired) electrons. The summed E-state index contributed by atoms with van der Waals surface area (Å²) in [6.45, 7) is 0. The summed E-state index contributed by atoms with van der Waals surface area (Å²) in [4.78, 5) is 13.1. The van der Waals surface area contributed by atoms with Crippen LogP contribution in [0, 0.1) is 0 Å². The minimum Gasteiger partial charge on any atom is -0.356 e. The first kappa shape index (κ1) is 17.6. The number of benzene rings is 3. The first-order valence-electron chi connectivity index (χ1n) is 7.79. The standard InChI is InChI=1S/C20H17BrN2OS/c21-15-6-12-19(13-7-15)25-14-20(24)23-18-10-8-17(9-11-18)22-16-4-2-1-3-5-16/h1-13,22H,14H2,(H,23,24). The smallest absolute Gasteiger partial charge is 0.234 e. The third-order valence-electron chi connectivity index (χ3n) is 3.41. The van der Waals surface area contributed by atoms with Gasteiger partial charge in [-0.15, -0.1) is 11.8 Å². The van der Waals surface area contributed by atoms with Crippen molar-refractivity contribution in [1.82, 2.24) is 0 Å². The highest BCUT2D eigenvalue weighted by atomic mass is 79.9. The molecule has 0 spiro atoms. The van der Waals surface area contributed by atoms with Gasteiger partial charge in [0.05, 0.1) is 5.75 Å². The summed E-state index contributed by atoms with van der Waals surface area (Å²) in [5.41, 5.74) is 2.80. The second kappa shape index (κ2) is 8.74. The largest absolute Gasteiger partial charge is 0.356 e. The number of hydrogen-bond acceptors (Lipinski definition) is 3. The highest BCUT2D eigenvalue weighted by Gasteiger charge is 2.04. The van der Waals surface area contributed by atoms with Gasteiger partial charge in [0.15, 0.2) is 0 Å². The molecule has 5 heteroatoms. The molecular formula is C20H17BrN2OS. The molecule has 3 aromatic carbocycles. The van der Waals surface area contributed by atoms with E-state index in [1.54, 1.807) is 0 Å². The second-order valence-electron chi connectivity index (χ2n) is 5.36. The third-order valence-corrected chi connectivity index (χ3v) is 4.96. The Morgan fingerprint density at radius 2 is 1.40 bits per heavy atom. The molecule has 0 atom stereocenters. The summed E-state index contributed by atoms with van der Waals surface area (Å²) in [7, 11) is 0. The molecule has 0 aliphatic heterocycles. The lowest BCUT2D eigenvalue weighted by atomic mass is 10.2. The van der Waals surface area contributed by atoms with Crippen LogP contribution in [0.4, 0.5) is 17.1 Å². The Hall–Kier alpha value is -2.24. The van der Waals surface area contributed by atoms with Crippen molar-refractivity contribution in [2.45, 2.75) is 4.90 Å². The van der Waals surface area contributed by atoms with Gasteiger partial charge in [0.2, 0.25) is 5.91 Å². The molecule has 0 saturated heterocycles. The van der Waals surface area contributed by atoms with E-state index in [1.165, 1.54) is 11.8 Å². The Morgan fingerprint density at radius 1 is 0.800 bits per heavy atom. The van der Waals surface area contributed by atoms with Gasteiger partial charge in [-0.25, -0.2) is 0 Å². The number of carbonyl (C=O) groups excluding carboxylic acids is 1. The Balaban J connectivity index is 1.50. The number of rotatable bonds is 6. The summed E-state index contributed by atoms with van der Waals surface area (Å²) in [5, 5.41) is 6.23. The number of para-hydroxylation sites is 1. The van der Waals surface area contributed by atoms with Gasteiger partial charge >= 0.3 is 0 Å². The Bertz CT molecular complexity index is 821. The van der Waals surface area contributed by atoms with Crippen LogP contribution in [0.5, 0.6) is 0 Å². The van der Waals surface area contributed by atoms with Crippen molar-refractivity contribution < 1.29 is 4.79 Å². The number of halogens is 1. The van der Waals surface area contributed by atoms with Crippen LogP contribution in [0.15, 0.2) is 88.2 Å². The summed E-state index contributed by atoms with van der Waals surface area (Å²) in [5.74, 6) is 0.364. The molecule has 25 heavy (non-hydrogen) atoms. The van der Waals surface area contributed by atoms with Crippen molar-refractivity contribution in [1.29, 1.82) is 0 Å². The maximum atomic E-state index is 12.1. The molecule has 3 aromatic rings. The summed E-state index contributed by atoms with van der Waals surface area (Å²) in [6.07, 6.45) is 0. The monoisotopic (exact) mass is 412 g/mol. The zero-order valence-corrected chi connectivity index (χ0v) is 15.8. The van der Waals surface area contributed by atoms with Gasteiger partial charge in [-0.1, -0.05) is 34.1 Å². The average molecular weight is 413 g/mol. The van der Waals surface area contributed by atoms with Crippen LogP contribution in [0.1, 0.15) is 0 Å². The van der Waals surface area contributed by atoms with E-state index in [4.69, 9.17) is 0 Å². The lowest BCUT2D eigenvalue weighted by molar-refractivity contribution is -0.113. The molecule has 0 aromatic heterocycles. The SMILES string of the molecule is O=C(CSc1ccc(Br)cc1)Nc1ccc(Nc2ccccc2)cc1. The summed E-state index contributed by atoms with van der Waals surface area (Å²) in [6, 6.07) is 25.6. The van der Waals surface area contributed by atoms with Crippen LogP contribution in [0.2, 0.25) is 0 Å². The third kappa shape index (κ3) is 5.66. The van der Waals surface area contributed by atoms with Gasteiger partial charge in [0.25, 0.3) is 0 Å². The molecule has 126 valence electrons. The minimum atomic E-state index is -0.0170. The molecule has 3 rings (SSSR count). The van der Waals surface area contributed by atoms with Crippen molar-refractivity contribution in [2.24, 2.45) is 0 Å². The molecule has 3 nitrogen and oxygen atoms in total. The van der Waals surface area contributed by atoms with E-state index >= 15 is 0 Å². The lowest BCUT2D eigenvalue weighted by Crippen LogP contribution is -2.13. The molecule has 0 bridgehead atoms. The van der Waals surface area contributed by atoms with E-state index in [1.807, 2.05) is 78.9 Å². The highest BCUT2D eigenvalue weighted by Crippen LogP contribution is 2.22. The molecule has 2 N–H and O–H groups in total. The minimum absolute atomic E-state index is 0.0170. The van der Waals surface area contributed by atoms with E-state index in [2.05, 4.69) is 26.6 Å². The lowest BCUT2D eigenvalue weighted by Gasteiger charge is -2.09. The Labute approximate surface area is 160 Å². The van der Waals surface area contributed by atoms with E-state index < -0.39 is 0 Å². The molecule has 0 aliphatic carbocycles. The molecule has 0 fully saturated rings. The maximum absolute atomic E-state index is 12.1. The zero-order chi connectivity index (χ0) is 17.5. The van der Waals surface area contributed by atoms with E-state index in [-0.39, 0.29) is 5.91 Å². The number of thioether (sulfide) groups is 1. The number of carbonyl (C=O) groups is 1. The maximum Gasteiger partial charge on any atom is 0.234 e. The van der Waals surface area contributed by atoms with Crippen molar-refractivity contribution in [3.05, 3.63) is 83.3 Å². The highest BCUT2D eigenvalue weighted by molar-refractivity contribution is 9.10. The van der Waals surface area contributed by atoms with Crippen molar-refractivity contribution in [3.63, 3.8) is 0 Å². The average Bonchev–Trinajstić information content (AvgIpc) is 2.64. The fourth-order valence-electron chi connectivity index (χ4n) is 2.20. The molecule has 1 amide bonds. The van der Waals surface area contributed by atoms with Crippen LogP contribution in [0.3, 0.4) is 0 Å². The zero-order valence-electron chi connectivity index (χ0n) is 13.4. The Kier molecular flexibility index (Phi) is 6.14. The van der Waals surface area contributed by atoms with Crippen LogP contribution in [-0.2, 0) is 4.79 Å². The van der Waals surface area contributed by atoms with Crippen LogP contribution >= 0.6 is 27.7 Å². The second-order valence-corrected chi connectivity index (χ2v) is 7.32. The fraction of sp³-hybridized carbons (Fsp3) is 0.0500. The van der Waals surface area contributed by atoms with Crippen LogP contribution < -0.4 is 10.6 Å².